The number of non-ortho nitro benzene ring substituents is 1. The minimum atomic E-state index is -0.508. The number of nitro benzene ring substituents is 1. The molecule has 0 atom stereocenters. The predicted molar refractivity (Wildman–Crippen MR) is 82.9 cm³/mol. The van der Waals surface area contributed by atoms with E-state index in [1.807, 2.05) is 13.8 Å². The van der Waals surface area contributed by atoms with Crippen molar-refractivity contribution in [1.29, 1.82) is 0 Å². The minimum Gasteiger partial charge on any atom is -0.325 e. The molecule has 0 saturated carbocycles. The van der Waals surface area contributed by atoms with Gasteiger partial charge in [0.1, 0.15) is 5.82 Å². The number of nitro groups is 1. The van der Waals surface area contributed by atoms with E-state index in [1.54, 1.807) is 6.07 Å². The van der Waals surface area contributed by atoms with E-state index >= 15 is 0 Å². The van der Waals surface area contributed by atoms with Crippen molar-refractivity contribution >= 4 is 29.0 Å². The second-order valence-electron chi connectivity index (χ2n) is 4.80. The van der Waals surface area contributed by atoms with Crippen LogP contribution in [0.4, 0.5) is 11.4 Å². The lowest BCUT2D eigenvalue weighted by molar-refractivity contribution is -0.384. The maximum Gasteiger partial charge on any atom is 0.271 e. The van der Waals surface area contributed by atoms with Crippen molar-refractivity contribution < 1.29 is 9.72 Å². The van der Waals surface area contributed by atoms with E-state index < -0.39 is 4.92 Å². The van der Waals surface area contributed by atoms with Crippen LogP contribution in [0.2, 0.25) is 0 Å². The van der Waals surface area contributed by atoms with Crippen molar-refractivity contribution in [3.05, 3.63) is 40.2 Å². The van der Waals surface area contributed by atoms with Crippen LogP contribution in [0.5, 0.6) is 0 Å². The standard InChI is InChI=1S/C13H15N5O3S/c1-8(2)12-15-13(17-16-12)22-7-11(19)14-9-4-3-5-10(6-9)18(20)21/h3-6,8H,7H2,1-2H3,(H,14,19)(H,15,16,17). The summed E-state index contributed by atoms with van der Waals surface area (Å²) in [5.41, 5.74) is 0.318. The van der Waals surface area contributed by atoms with E-state index in [4.69, 9.17) is 0 Å². The molecule has 2 rings (SSSR count). The zero-order valence-corrected chi connectivity index (χ0v) is 12.9. The summed E-state index contributed by atoms with van der Waals surface area (Å²) in [7, 11) is 0. The van der Waals surface area contributed by atoms with Crippen molar-refractivity contribution in [2.24, 2.45) is 0 Å². The molecule has 22 heavy (non-hydrogen) atoms. The molecule has 8 nitrogen and oxygen atoms in total. The first-order valence-electron chi connectivity index (χ1n) is 6.55. The van der Waals surface area contributed by atoms with Crippen LogP contribution in [0.1, 0.15) is 25.6 Å². The Kier molecular flexibility index (Phi) is 5.10. The monoisotopic (exact) mass is 321 g/mol. The number of thioether (sulfide) groups is 1. The molecule has 2 N–H and O–H groups in total. The number of nitrogens with one attached hydrogen (secondary N) is 2. The predicted octanol–water partition coefficient (Wildman–Crippen LogP) is 2.57. The third-order valence-electron chi connectivity index (χ3n) is 2.70. The van der Waals surface area contributed by atoms with E-state index in [1.165, 1.54) is 30.0 Å². The van der Waals surface area contributed by atoms with Crippen LogP contribution in [0.25, 0.3) is 0 Å². The van der Waals surface area contributed by atoms with E-state index in [0.29, 0.717) is 10.8 Å². The van der Waals surface area contributed by atoms with E-state index in [0.717, 1.165) is 5.82 Å². The second-order valence-corrected chi connectivity index (χ2v) is 5.74. The molecule has 0 aliphatic rings. The molecule has 0 saturated heterocycles. The Morgan fingerprint density at radius 2 is 2.27 bits per heavy atom. The molecule has 0 bridgehead atoms. The van der Waals surface area contributed by atoms with Gasteiger partial charge < -0.3 is 5.32 Å². The Morgan fingerprint density at radius 3 is 2.91 bits per heavy atom. The topological polar surface area (TPSA) is 114 Å². The quantitative estimate of drug-likeness (QED) is 0.480. The molecule has 116 valence electrons. The first kappa shape index (κ1) is 16.0. The summed E-state index contributed by atoms with van der Waals surface area (Å²) in [6.07, 6.45) is 0. The fourth-order valence-corrected chi connectivity index (χ4v) is 2.21. The average molecular weight is 321 g/mol. The van der Waals surface area contributed by atoms with Gasteiger partial charge in [0.2, 0.25) is 11.1 Å². The van der Waals surface area contributed by atoms with Gasteiger partial charge in [-0.3, -0.25) is 20.0 Å². The first-order valence-corrected chi connectivity index (χ1v) is 7.53. The Labute approximate surface area is 130 Å². The van der Waals surface area contributed by atoms with E-state index in [2.05, 4.69) is 20.5 Å². The molecule has 0 unspecified atom stereocenters. The molecule has 2 aromatic rings. The number of aromatic amines is 1. The molecule has 1 heterocycles. The van der Waals surface area contributed by atoms with Crippen molar-refractivity contribution in [3.8, 4) is 0 Å². The highest BCUT2D eigenvalue weighted by atomic mass is 32.2. The number of benzene rings is 1. The summed E-state index contributed by atoms with van der Waals surface area (Å²) in [4.78, 5) is 26.3. The number of anilines is 1. The number of amides is 1. The highest BCUT2D eigenvalue weighted by Gasteiger charge is 2.11. The minimum absolute atomic E-state index is 0.0685. The van der Waals surface area contributed by atoms with Crippen LogP contribution < -0.4 is 5.32 Å². The second kappa shape index (κ2) is 7.03. The summed E-state index contributed by atoms with van der Waals surface area (Å²) >= 11 is 1.20. The molecule has 1 aromatic heterocycles. The first-order chi connectivity index (χ1) is 10.5. The summed E-state index contributed by atoms with van der Waals surface area (Å²) in [6, 6.07) is 5.79. The van der Waals surface area contributed by atoms with Gasteiger partial charge in [-0.15, -0.1) is 5.10 Å². The molecule has 0 aliphatic carbocycles. The van der Waals surface area contributed by atoms with Gasteiger partial charge in [-0.2, -0.15) is 0 Å². The normalized spacial score (nSPS) is 10.7. The average Bonchev–Trinajstić information content (AvgIpc) is 2.94. The van der Waals surface area contributed by atoms with Crippen molar-refractivity contribution in [3.63, 3.8) is 0 Å². The summed E-state index contributed by atoms with van der Waals surface area (Å²) < 4.78 is 0. The molecule has 0 radical (unpaired) electrons. The summed E-state index contributed by atoms with van der Waals surface area (Å²) in [5.74, 6) is 0.849. The smallest absolute Gasteiger partial charge is 0.271 e. The number of nitrogens with zero attached hydrogens (tertiary/aromatic N) is 3. The van der Waals surface area contributed by atoms with Crippen LogP contribution in [0.15, 0.2) is 29.4 Å². The lowest BCUT2D eigenvalue weighted by Crippen LogP contribution is -2.14. The van der Waals surface area contributed by atoms with Crippen molar-refractivity contribution in [2.45, 2.75) is 24.9 Å². The zero-order chi connectivity index (χ0) is 16.1. The SMILES string of the molecule is CC(C)c1nc(SCC(=O)Nc2cccc([N+](=O)[O-])c2)n[nH]1. The highest BCUT2D eigenvalue weighted by molar-refractivity contribution is 7.99. The maximum absolute atomic E-state index is 11.8. The zero-order valence-electron chi connectivity index (χ0n) is 12.1. The van der Waals surface area contributed by atoms with Gasteiger partial charge in [0, 0.05) is 23.7 Å². The maximum atomic E-state index is 11.8. The molecule has 0 fully saturated rings. The van der Waals surface area contributed by atoms with Crippen LogP contribution in [-0.4, -0.2) is 31.8 Å². The highest BCUT2D eigenvalue weighted by Crippen LogP contribution is 2.19. The molecular weight excluding hydrogens is 306 g/mol. The third-order valence-corrected chi connectivity index (χ3v) is 3.55. The fraction of sp³-hybridized carbons (Fsp3) is 0.308. The van der Waals surface area contributed by atoms with Crippen LogP contribution in [-0.2, 0) is 4.79 Å². The van der Waals surface area contributed by atoms with Gasteiger partial charge in [-0.25, -0.2) is 4.98 Å². The van der Waals surface area contributed by atoms with Crippen LogP contribution in [0, 0.1) is 10.1 Å². The number of carbonyl (C=O) groups is 1. The number of rotatable bonds is 6. The molecular formula is C13H15N5O3S. The third kappa shape index (κ3) is 4.29. The number of H-pyrrole nitrogens is 1. The number of aromatic nitrogens is 3. The molecule has 0 aliphatic heterocycles. The van der Waals surface area contributed by atoms with Gasteiger partial charge in [0.15, 0.2) is 0 Å². The number of hydrogen-bond acceptors (Lipinski definition) is 6. The van der Waals surface area contributed by atoms with E-state index in [9.17, 15) is 14.9 Å². The molecule has 1 amide bonds. The van der Waals surface area contributed by atoms with Gasteiger partial charge in [0.25, 0.3) is 5.69 Å². The lowest BCUT2D eigenvalue weighted by Gasteiger charge is -2.03. The Balaban J connectivity index is 1.90. The largest absolute Gasteiger partial charge is 0.325 e. The summed E-state index contributed by atoms with van der Waals surface area (Å²) in [6.45, 7) is 3.98. The van der Waals surface area contributed by atoms with Crippen molar-refractivity contribution in [2.75, 3.05) is 11.1 Å². The number of hydrogen-bond donors (Lipinski definition) is 2. The Hall–Kier alpha value is -2.42. The van der Waals surface area contributed by atoms with Gasteiger partial charge in [-0.05, 0) is 6.07 Å². The van der Waals surface area contributed by atoms with Crippen molar-refractivity contribution in [1.82, 2.24) is 15.2 Å². The van der Waals surface area contributed by atoms with Gasteiger partial charge in [0.05, 0.1) is 10.7 Å². The number of carbonyl (C=O) groups excluding carboxylic acids is 1. The Morgan fingerprint density at radius 1 is 1.50 bits per heavy atom. The van der Waals surface area contributed by atoms with E-state index in [-0.39, 0.29) is 23.3 Å². The lowest BCUT2D eigenvalue weighted by atomic mass is 10.2. The van der Waals surface area contributed by atoms with Crippen LogP contribution in [0.3, 0.4) is 0 Å². The molecule has 1 aromatic carbocycles. The van der Waals surface area contributed by atoms with Gasteiger partial charge in [-0.1, -0.05) is 31.7 Å². The Bertz CT molecular complexity index is 686. The fourth-order valence-electron chi connectivity index (χ4n) is 1.61. The molecule has 0 spiro atoms. The van der Waals surface area contributed by atoms with Gasteiger partial charge >= 0.3 is 0 Å². The summed E-state index contributed by atoms with van der Waals surface area (Å²) in [5, 5.41) is 20.6. The molecule has 9 heteroatoms. The van der Waals surface area contributed by atoms with Crippen LogP contribution >= 0.6 is 11.8 Å².